The van der Waals surface area contributed by atoms with E-state index in [0.29, 0.717) is 5.92 Å². The van der Waals surface area contributed by atoms with Crippen LogP contribution in [0, 0.1) is 11.3 Å². The van der Waals surface area contributed by atoms with E-state index in [9.17, 15) is 0 Å². The molecule has 2 nitrogen and oxygen atoms in total. The molecule has 5 rings (SSSR count). The molecule has 1 aliphatic heterocycles. The maximum absolute atomic E-state index is 6.20. The van der Waals surface area contributed by atoms with Crippen LogP contribution in [0.25, 0.3) is 0 Å². The summed E-state index contributed by atoms with van der Waals surface area (Å²) in [6.45, 7) is 5.21. The van der Waals surface area contributed by atoms with Gasteiger partial charge in [0, 0.05) is 11.0 Å². The SMILES string of the molecule is CC(C)[C@H]1COC(C2=CCC[C@]23CCC=C3P(c2ccccc2)c2ccccc2)=N1. The van der Waals surface area contributed by atoms with E-state index in [2.05, 4.69) is 86.7 Å². The van der Waals surface area contributed by atoms with Crippen LogP contribution >= 0.6 is 7.92 Å². The summed E-state index contributed by atoms with van der Waals surface area (Å²) in [5.74, 6) is 1.44. The van der Waals surface area contributed by atoms with Crippen molar-refractivity contribution in [3.63, 3.8) is 0 Å². The number of nitrogens with zero attached hydrogens (tertiary/aromatic N) is 1. The van der Waals surface area contributed by atoms with Crippen LogP contribution in [0.4, 0.5) is 0 Å². The molecule has 0 amide bonds. The smallest absolute Gasteiger partial charge is 0.212 e. The highest BCUT2D eigenvalue weighted by Crippen LogP contribution is 2.63. The highest BCUT2D eigenvalue weighted by Gasteiger charge is 2.49. The first-order valence-electron chi connectivity index (χ1n) is 11.2. The molecule has 0 N–H and O–H groups in total. The molecule has 2 aromatic carbocycles. The zero-order valence-corrected chi connectivity index (χ0v) is 18.8. The monoisotopic (exact) mass is 415 g/mol. The molecule has 0 fully saturated rings. The molecular formula is C27H30NOP. The first kappa shape index (κ1) is 19.8. The van der Waals surface area contributed by atoms with E-state index in [-0.39, 0.29) is 11.5 Å². The Morgan fingerprint density at radius 2 is 1.50 bits per heavy atom. The lowest BCUT2D eigenvalue weighted by Gasteiger charge is -2.36. The van der Waals surface area contributed by atoms with Gasteiger partial charge in [0.15, 0.2) is 0 Å². The molecule has 0 saturated carbocycles. The Labute approximate surface area is 181 Å². The van der Waals surface area contributed by atoms with E-state index in [0.717, 1.165) is 25.3 Å². The van der Waals surface area contributed by atoms with Gasteiger partial charge in [0.05, 0.1) is 6.04 Å². The summed E-state index contributed by atoms with van der Waals surface area (Å²) < 4.78 is 6.20. The average molecular weight is 416 g/mol. The third kappa shape index (κ3) is 3.36. The van der Waals surface area contributed by atoms with Crippen molar-refractivity contribution in [3.8, 4) is 0 Å². The molecule has 0 radical (unpaired) electrons. The van der Waals surface area contributed by atoms with Gasteiger partial charge in [-0.3, -0.25) is 0 Å². The van der Waals surface area contributed by atoms with Gasteiger partial charge in [0.2, 0.25) is 5.90 Å². The third-order valence-electron chi connectivity index (χ3n) is 6.78. The van der Waals surface area contributed by atoms with Crippen LogP contribution in [0.15, 0.2) is 88.7 Å². The number of aliphatic imine (C=N–C) groups is 1. The summed E-state index contributed by atoms with van der Waals surface area (Å²) >= 11 is 0. The zero-order chi connectivity index (χ0) is 20.6. The Kier molecular flexibility index (Phi) is 5.37. The Morgan fingerprint density at radius 1 is 0.900 bits per heavy atom. The van der Waals surface area contributed by atoms with E-state index in [4.69, 9.17) is 9.73 Å². The first-order chi connectivity index (χ1) is 14.7. The molecule has 3 aliphatic rings. The van der Waals surface area contributed by atoms with Crippen LogP contribution in [-0.4, -0.2) is 18.5 Å². The van der Waals surface area contributed by atoms with Crippen molar-refractivity contribution in [2.45, 2.75) is 45.6 Å². The van der Waals surface area contributed by atoms with Crippen LogP contribution in [0.1, 0.15) is 39.5 Å². The van der Waals surface area contributed by atoms with Crippen LogP contribution in [0.3, 0.4) is 0 Å². The molecule has 0 aromatic heterocycles. The lowest BCUT2D eigenvalue weighted by atomic mass is 9.80. The lowest BCUT2D eigenvalue weighted by molar-refractivity contribution is 0.286. The molecule has 30 heavy (non-hydrogen) atoms. The van der Waals surface area contributed by atoms with Gasteiger partial charge >= 0.3 is 0 Å². The fourth-order valence-corrected chi connectivity index (χ4v) is 8.03. The summed E-state index contributed by atoms with van der Waals surface area (Å²) in [6.07, 6.45) is 9.59. The molecule has 1 spiro atoms. The van der Waals surface area contributed by atoms with Gasteiger partial charge in [0.1, 0.15) is 6.61 Å². The normalized spacial score (nSPS) is 25.6. The fourth-order valence-electron chi connectivity index (χ4n) is 5.15. The van der Waals surface area contributed by atoms with Crippen molar-refractivity contribution >= 4 is 24.4 Å². The number of hydrogen-bond donors (Lipinski definition) is 0. The molecule has 0 saturated heterocycles. The number of allylic oxidation sites excluding steroid dienone is 3. The number of benzene rings is 2. The molecule has 1 heterocycles. The van der Waals surface area contributed by atoms with E-state index in [1.807, 2.05) is 0 Å². The molecule has 3 heteroatoms. The highest BCUT2D eigenvalue weighted by molar-refractivity contribution is 7.76. The second-order valence-electron chi connectivity index (χ2n) is 8.93. The second kappa shape index (κ2) is 8.16. The maximum Gasteiger partial charge on any atom is 0.212 e. The van der Waals surface area contributed by atoms with Crippen molar-refractivity contribution in [1.29, 1.82) is 0 Å². The van der Waals surface area contributed by atoms with Crippen molar-refractivity contribution in [2.24, 2.45) is 16.3 Å². The molecule has 154 valence electrons. The van der Waals surface area contributed by atoms with Crippen LogP contribution in [0.5, 0.6) is 0 Å². The van der Waals surface area contributed by atoms with E-state index >= 15 is 0 Å². The van der Waals surface area contributed by atoms with Crippen molar-refractivity contribution in [1.82, 2.24) is 0 Å². The average Bonchev–Trinajstić information content (AvgIpc) is 3.51. The molecular weight excluding hydrogens is 385 g/mol. The summed E-state index contributed by atoms with van der Waals surface area (Å²) in [7, 11) is -0.566. The minimum Gasteiger partial charge on any atom is -0.475 e. The topological polar surface area (TPSA) is 21.6 Å². The Bertz CT molecular complexity index is 949. The quantitative estimate of drug-likeness (QED) is 0.553. The Hall–Kier alpha value is -2.18. The number of rotatable bonds is 5. The second-order valence-corrected chi connectivity index (χ2v) is 11.1. The zero-order valence-electron chi connectivity index (χ0n) is 17.9. The fraction of sp³-hybridized carbons (Fsp3) is 0.370. The van der Waals surface area contributed by atoms with E-state index < -0.39 is 7.92 Å². The standard InChI is InChI=1S/C27H30NOP/c1-20(2)24-19-29-26(28-24)23-15-9-17-27(23)18-10-16-25(27)30(21-11-5-3-6-12-21)22-13-7-4-8-14-22/h3-8,11-16,20,24H,9-10,17-19H2,1-2H3/t24-,27+/m1/s1. The predicted molar refractivity (Wildman–Crippen MR) is 128 cm³/mol. The van der Waals surface area contributed by atoms with E-state index in [1.54, 1.807) is 5.31 Å². The van der Waals surface area contributed by atoms with Gasteiger partial charge in [-0.15, -0.1) is 0 Å². The molecule has 2 atom stereocenters. The van der Waals surface area contributed by atoms with Crippen molar-refractivity contribution in [3.05, 3.63) is 83.7 Å². The summed E-state index contributed by atoms with van der Waals surface area (Å²) in [6, 6.07) is 22.5. The van der Waals surface area contributed by atoms with Crippen LogP contribution < -0.4 is 10.6 Å². The van der Waals surface area contributed by atoms with Gasteiger partial charge in [0.25, 0.3) is 0 Å². The third-order valence-corrected chi connectivity index (χ3v) is 9.50. The first-order valence-corrected chi connectivity index (χ1v) is 12.6. The van der Waals surface area contributed by atoms with Gasteiger partial charge in [-0.2, -0.15) is 0 Å². The van der Waals surface area contributed by atoms with Gasteiger partial charge in [-0.1, -0.05) is 86.7 Å². The van der Waals surface area contributed by atoms with Crippen molar-refractivity contribution in [2.75, 3.05) is 6.61 Å². The maximum atomic E-state index is 6.20. The summed E-state index contributed by atoms with van der Waals surface area (Å²) in [5.41, 5.74) is 1.45. The molecule has 0 bridgehead atoms. The minimum atomic E-state index is -0.566. The highest BCUT2D eigenvalue weighted by atomic mass is 31.1. The van der Waals surface area contributed by atoms with E-state index in [1.165, 1.54) is 29.0 Å². The Morgan fingerprint density at radius 3 is 2.07 bits per heavy atom. The van der Waals surface area contributed by atoms with Gasteiger partial charge in [-0.25, -0.2) is 4.99 Å². The predicted octanol–water partition coefficient (Wildman–Crippen LogP) is 5.96. The number of ether oxygens (including phenoxy) is 1. The lowest BCUT2D eigenvalue weighted by Crippen LogP contribution is -2.28. The Balaban J connectivity index is 1.58. The molecule has 0 unspecified atom stereocenters. The van der Waals surface area contributed by atoms with Crippen molar-refractivity contribution < 1.29 is 4.74 Å². The summed E-state index contributed by atoms with van der Waals surface area (Å²) in [5, 5.41) is 4.48. The molecule has 2 aromatic rings. The van der Waals surface area contributed by atoms with Crippen LogP contribution in [0.2, 0.25) is 0 Å². The number of hydrogen-bond acceptors (Lipinski definition) is 2. The molecule has 2 aliphatic carbocycles. The largest absolute Gasteiger partial charge is 0.475 e. The van der Waals surface area contributed by atoms with Gasteiger partial charge in [-0.05, 0) is 55.4 Å². The minimum absolute atomic E-state index is 0.0854. The van der Waals surface area contributed by atoms with Gasteiger partial charge < -0.3 is 4.74 Å². The summed E-state index contributed by atoms with van der Waals surface area (Å²) in [4.78, 5) is 5.03. The van der Waals surface area contributed by atoms with Crippen LogP contribution in [-0.2, 0) is 4.74 Å².